The largest absolute Gasteiger partial charge is 0.380 e. The van der Waals surface area contributed by atoms with Gasteiger partial charge in [0, 0.05) is 0 Å². The lowest BCUT2D eigenvalue weighted by Gasteiger charge is -2.02. The van der Waals surface area contributed by atoms with Crippen molar-refractivity contribution in [3.8, 4) is 11.1 Å². The SMILES string of the molecule is O=C(OBr)c1ccc(-c2ccccc2)cc1. The van der Waals surface area contributed by atoms with Crippen molar-refractivity contribution < 1.29 is 8.62 Å². The maximum Gasteiger partial charge on any atom is 0.349 e. The number of carbonyl (C=O) groups excluding carboxylic acids is 1. The average Bonchev–Trinajstić information content (AvgIpc) is 2.39. The molecule has 0 aromatic heterocycles. The van der Waals surface area contributed by atoms with Crippen LogP contribution in [0.1, 0.15) is 10.4 Å². The van der Waals surface area contributed by atoms with Crippen molar-refractivity contribution in [1.29, 1.82) is 0 Å². The standard InChI is InChI=1S/C13H9BrO2/c14-16-13(15)12-8-6-11(7-9-12)10-4-2-1-3-5-10/h1-9H. The maximum atomic E-state index is 11.2. The van der Waals surface area contributed by atoms with E-state index in [0.717, 1.165) is 11.1 Å². The van der Waals surface area contributed by atoms with Gasteiger partial charge in [0.1, 0.15) is 0 Å². The van der Waals surface area contributed by atoms with Crippen LogP contribution in [0.3, 0.4) is 0 Å². The first-order valence-electron chi connectivity index (χ1n) is 4.79. The molecular weight excluding hydrogens is 268 g/mol. The fourth-order valence-corrected chi connectivity index (χ4v) is 1.66. The molecule has 0 aliphatic carbocycles. The monoisotopic (exact) mass is 276 g/mol. The summed E-state index contributed by atoms with van der Waals surface area (Å²) in [4.78, 5) is 11.2. The Labute approximate surface area is 102 Å². The van der Waals surface area contributed by atoms with E-state index in [9.17, 15) is 4.79 Å². The van der Waals surface area contributed by atoms with E-state index in [4.69, 9.17) is 0 Å². The molecule has 2 rings (SSSR count). The Balaban J connectivity index is 2.30. The highest BCUT2D eigenvalue weighted by atomic mass is 79.9. The minimum absolute atomic E-state index is 0.389. The second-order valence-electron chi connectivity index (χ2n) is 3.31. The fourth-order valence-electron chi connectivity index (χ4n) is 1.47. The van der Waals surface area contributed by atoms with Crippen molar-refractivity contribution in [2.24, 2.45) is 0 Å². The van der Waals surface area contributed by atoms with Crippen LogP contribution in [0.4, 0.5) is 0 Å². The summed E-state index contributed by atoms with van der Waals surface area (Å²) in [5.74, 6) is -0.389. The predicted molar refractivity (Wildman–Crippen MR) is 66.2 cm³/mol. The van der Waals surface area contributed by atoms with Gasteiger partial charge in [-0.15, -0.1) is 0 Å². The molecule has 0 spiro atoms. The second kappa shape index (κ2) is 4.94. The Morgan fingerprint density at radius 1 is 0.875 bits per heavy atom. The quantitative estimate of drug-likeness (QED) is 0.834. The topological polar surface area (TPSA) is 26.3 Å². The lowest BCUT2D eigenvalue weighted by atomic mass is 10.0. The van der Waals surface area contributed by atoms with Crippen LogP contribution in [-0.4, -0.2) is 5.97 Å². The van der Waals surface area contributed by atoms with E-state index in [1.807, 2.05) is 42.5 Å². The predicted octanol–water partition coefficient (Wildman–Crippen LogP) is 3.82. The molecule has 0 atom stereocenters. The van der Waals surface area contributed by atoms with E-state index in [2.05, 4.69) is 20.1 Å². The molecule has 0 radical (unpaired) electrons. The molecule has 0 fully saturated rings. The van der Waals surface area contributed by atoms with Gasteiger partial charge in [-0.2, -0.15) is 0 Å². The van der Waals surface area contributed by atoms with Gasteiger partial charge in [-0.3, -0.25) is 0 Å². The zero-order valence-electron chi connectivity index (χ0n) is 8.39. The van der Waals surface area contributed by atoms with Crippen LogP contribution in [0.15, 0.2) is 54.6 Å². The summed E-state index contributed by atoms with van der Waals surface area (Å²) in [5.41, 5.74) is 2.73. The Bertz CT molecular complexity index is 477. The Hall–Kier alpha value is -1.61. The lowest BCUT2D eigenvalue weighted by molar-refractivity contribution is 0.0782. The summed E-state index contributed by atoms with van der Waals surface area (Å²) < 4.78 is 4.46. The van der Waals surface area contributed by atoms with E-state index < -0.39 is 0 Å². The minimum Gasteiger partial charge on any atom is -0.380 e. The zero-order chi connectivity index (χ0) is 11.4. The van der Waals surface area contributed by atoms with Crippen molar-refractivity contribution in [3.05, 3.63) is 60.2 Å². The van der Waals surface area contributed by atoms with Crippen molar-refractivity contribution in [3.63, 3.8) is 0 Å². The molecule has 0 saturated carbocycles. The third-order valence-electron chi connectivity index (χ3n) is 2.30. The average molecular weight is 277 g/mol. The Kier molecular flexibility index (Phi) is 3.37. The van der Waals surface area contributed by atoms with Crippen molar-refractivity contribution in [1.82, 2.24) is 0 Å². The fraction of sp³-hybridized carbons (Fsp3) is 0. The van der Waals surface area contributed by atoms with E-state index in [1.165, 1.54) is 0 Å². The summed E-state index contributed by atoms with van der Waals surface area (Å²) in [7, 11) is 0. The van der Waals surface area contributed by atoms with Gasteiger partial charge < -0.3 is 3.83 Å². The van der Waals surface area contributed by atoms with Crippen LogP contribution in [0, 0.1) is 0 Å². The third kappa shape index (κ3) is 2.31. The van der Waals surface area contributed by atoms with Gasteiger partial charge in [0.05, 0.1) is 5.56 Å². The number of benzene rings is 2. The van der Waals surface area contributed by atoms with Gasteiger partial charge in [-0.25, -0.2) is 4.79 Å². The third-order valence-corrected chi connectivity index (χ3v) is 2.59. The first kappa shape index (κ1) is 10.9. The highest BCUT2D eigenvalue weighted by molar-refractivity contribution is 9.06. The van der Waals surface area contributed by atoms with Gasteiger partial charge in [0.25, 0.3) is 0 Å². The van der Waals surface area contributed by atoms with Crippen LogP contribution >= 0.6 is 16.3 Å². The molecule has 0 saturated heterocycles. The molecule has 0 heterocycles. The normalized spacial score (nSPS) is 9.81. The molecule has 80 valence electrons. The van der Waals surface area contributed by atoms with E-state index in [0.29, 0.717) is 5.56 Å². The smallest absolute Gasteiger partial charge is 0.349 e. The minimum atomic E-state index is -0.389. The molecule has 3 heteroatoms. The van der Waals surface area contributed by atoms with E-state index in [-0.39, 0.29) is 5.97 Å². The van der Waals surface area contributed by atoms with Crippen LogP contribution in [0.5, 0.6) is 0 Å². The molecule has 0 N–H and O–H groups in total. The van der Waals surface area contributed by atoms with Gasteiger partial charge in [-0.05, 0) is 23.3 Å². The Morgan fingerprint density at radius 3 is 2.00 bits per heavy atom. The molecule has 0 unspecified atom stereocenters. The van der Waals surface area contributed by atoms with Crippen molar-refractivity contribution >= 4 is 22.2 Å². The number of halogens is 1. The van der Waals surface area contributed by atoms with E-state index in [1.54, 1.807) is 12.1 Å². The van der Waals surface area contributed by atoms with Crippen molar-refractivity contribution in [2.45, 2.75) is 0 Å². The molecule has 16 heavy (non-hydrogen) atoms. The molecular formula is C13H9BrO2. The van der Waals surface area contributed by atoms with Crippen LogP contribution in [-0.2, 0) is 3.83 Å². The molecule has 0 amide bonds. The number of carbonyl (C=O) groups is 1. The summed E-state index contributed by atoms with van der Waals surface area (Å²) in [6.07, 6.45) is 0. The molecule has 0 aliphatic heterocycles. The van der Waals surface area contributed by atoms with E-state index >= 15 is 0 Å². The molecule has 2 aromatic rings. The van der Waals surface area contributed by atoms with Gasteiger partial charge >= 0.3 is 5.97 Å². The summed E-state index contributed by atoms with van der Waals surface area (Å²) in [6.45, 7) is 0. The summed E-state index contributed by atoms with van der Waals surface area (Å²) >= 11 is 2.67. The maximum absolute atomic E-state index is 11.2. The second-order valence-corrected chi connectivity index (χ2v) is 3.63. The lowest BCUT2D eigenvalue weighted by Crippen LogP contribution is -1.96. The molecule has 2 nitrogen and oxygen atoms in total. The van der Waals surface area contributed by atoms with Crippen LogP contribution in [0.25, 0.3) is 11.1 Å². The van der Waals surface area contributed by atoms with Crippen molar-refractivity contribution in [2.75, 3.05) is 0 Å². The summed E-state index contributed by atoms with van der Waals surface area (Å²) in [5, 5.41) is 0. The van der Waals surface area contributed by atoms with Crippen LogP contribution in [0.2, 0.25) is 0 Å². The zero-order valence-corrected chi connectivity index (χ0v) is 9.98. The van der Waals surface area contributed by atoms with Gasteiger partial charge in [0.2, 0.25) is 0 Å². The number of rotatable bonds is 2. The van der Waals surface area contributed by atoms with Crippen LogP contribution < -0.4 is 0 Å². The number of hydrogen-bond donors (Lipinski definition) is 0. The first-order valence-corrected chi connectivity index (χ1v) is 5.44. The van der Waals surface area contributed by atoms with Gasteiger partial charge in [0.15, 0.2) is 16.3 Å². The molecule has 0 aliphatic rings. The first-order chi connectivity index (χ1) is 7.81. The molecule has 2 aromatic carbocycles. The molecule has 0 bridgehead atoms. The highest BCUT2D eigenvalue weighted by Gasteiger charge is 2.05. The number of hydrogen-bond acceptors (Lipinski definition) is 2. The Morgan fingerprint density at radius 2 is 1.44 bits per heavy atom. The van der Waals surface area contributed by atoms with Gasteiger partial charge in [-0.1, -0.05) is 42.5 Å². The summed E-state index contributed by atoms with van der Waals surface area (Å²) in [6, 6.07) is 17.3. The highest BCUT2D eigenvalue weighted by Crippen LogP contribution is 2.19.